The molecule has 0 fully saturated rings. The summed E-state index contributed by atoms with van der Waals surface area (Å²) < 4.78 is 42.4. The lowest BCUT2D eigenvalue weighted by atomic mass is 10.0. The molecule has 0 saturated heterocycles. The zero-order chi connectivity index (χ0) is 20.4. The molecule has 0 spiro atoms. The van der Waals surface area contributed by atoms with Crippen molar-refractivity contribution < 1.29 is 27.5 Å². The van der Waals surface area contributed by atoms with Crippen LogP contribution < -0.4 is 14.4 Å². The van der Waals surface area contributed by atoms with Crippen molar-refractivity contribution in [1.29, 1.82) is 0 Å². The first kappa shape index (κ1) is 18.8. The van der Waals surface area contributed by atoms with Crippen molar-refractivity contribution >= 4 is 27.6 Å². The summed E-state index contributed by atoms with van der Waals surface area (Å²) >= 11 is 0.863. The highest BCUT2D eigenvalue weighted by atomic mass is 32.1. The molecule has 1 aromatic heterocycles. The van der Waals surface area contributed by atoms with E-state index in [4.69, 9.17) is 13.9 Å². The smallest absolute Gasteiger partial charge is 0.396 e. The van der Waals surface area contributed by atoms with Crippen molar-refractivity contribution in [2.45, 2.75) is 0 Å². The van der Waals surface area contributed by atoms with Crippen LogP contribution >= 0.6 is 11.3 Å². The summed E-state index contributed by atoms with van der Waals surface area (Å²) in [5, 5.41) is 0. The first-order valence-electron chi connectivity index (χ1n) is 8.40. The Labute approximate surface area is 166 Å². The Bertz CT molecular complexity index is 1230. The minimum atomic E-state index is -0.686. The summed E-state index contributed by atoms with van der Waals surface area (Å²) in [6.45, 7) is -0.392. The highest BCUT2D eigenvalue weighted by molar-refractivity contribution is 7.16. The quantitative estimate of drug-likeness (QED) is 0.347. The topological polar surface area (TPSA) is 65.7 Å². The molecular weight excluding hydrogens is 402 g/mol. The molecule has 0 aliphatic heterocycles. The van der Waals surface area contributed by atoms with Crippen LogP contribution in [-0.2, 0) is 4.79 Å². The van der Waals surface area contributed by atoms with Crippen molar-refractivity contribution in [3.8, 4) is 22.6 Å². The number of esters is 1. The van der Waals surface area contributed by atoms with Gasteiger partial charge in [-0.25, -0.2) is 18.4 Å². The molecule has 0 aliphatic rings. The van der Waals surface area contributed by atoms with E-state index in [9.17, 15) is 18.4 Å². The molecule has 0 saturated carbocycles. The van der Waals surface area contributed by atoms with Crippen LogP contribution in [0.25, 0.3) is 21.4 Å². The molecule has 0 N–H and O–H groups in total. The summed E-state index contributed by atoms with van der Waals surface area (Å²) in [4.78, 5) is 23.3. The van der Waals surface area contributed by atoms with Crippen LogP contribution in [0.4, 0.5) is 8.78 Å². The van der Waals surface area contributed by atoms with Crippen LogP contribution in [0.1, 0.15) is 0 Å². The molecule has 29 heavy (non-hydrogen) atoms. The average molecular weight is 414 g/mol. The lowest BCUT2D eigenvalue weighted by Gasteiger charge is -2.09. The van der Waals surface area contributed by atoms with E-state index in [1.807, 2.05) is 0 Å². The maximum absolute atomic E-state index is 13.2. The SMILES string of the molecule is O=C(COc1ccc(F)cc1)Oc1cc(-c2ccc(F)cc2)c2oc(=O)sc2c1. The monoisotopic (exact) mass is 414 g/mol. The van der Waals surface area contributed by atoms with Crippen molar-refractivity contribution in [1.82, 2.24) is 0 Å². The van der Waals surface area contributed by atoms with E-state index in [0.717, 1.165) is 11.3 Å². The van der Waals surface area contributed by atoms with Crippen LogP contribution in [0.5, 0.6) is 11.5 Å². The molecule has 4 rings (SSSR count). The number of carbonyl (C=O) groups is 1. The summed E-state index contributed by atoms with van der Waals surface area (Å²) in [6, 6.07) is 13.9. The van der Waals surface area contributed by atoms with Gasteiger partial charge in [-0.2, -0.15) is 0 Å². The fraction of sp³-hybridized carbons (Fsp3) is 0.0476. The predicted octanol–water partition coefficient (Wildman–Crippen LogP) is 4.78. The lowest BCUT2D eigenvalue weighted by molar-refractivity contribution is -0.136. The number of ether oxygens (including phenoxy) is 2. The minimum Gasteiger partial charge on any atom is -0.482 e. The van der Waals surface area contributed by atoms with Gasteiger partial charge in [0.05, 0.1) is 4.70 Å². The van der Waals surface area contributed by atoms with E-state index in [1.165, 1.54) is 60.7 Å². The van der Waals surface area contributed by atoms with Crippen LogP contribution in [0.2, 0.25) is 0 Å². The Balaban J connectivity index is 1.58. The molecule has 3 aromatic carbocycles. The zero-order valence-corrected chi connectivity index (χ0v) is 15.5. The number of rotatable bonds is 5. The Hall–Kier alpha value is -3.52. The van der Waals surface area contributed by atoms with Gasteiger partial charge in [-0.3, -0.25) is 0 Å². The first-order valence-corrected chi connectivity index (χ1v) is 9.22. The second-order valence-corrected chi connectivity index (χ2v) is 6.95. The van der Waals surface area contributed by atoms with Gasteiger partial charge < -0.3 is 13.9 Å². The van der Waals surface area contributed by atoms with Crippen molar-refractivity contribution in [2.24, 2.45) is 0 Å². The van der Waals surface area contributed by atoms with E-state index >= 15 is 0 Å². The lowest BCUT2D eigenvalue weighted by Crippen LogP contribution is -2.17. The van der Waals surface area contributed by atoms with Gasteiger partial charge in [0.15, 0.2) is 12.2 Å². The van der Waals surface area contributed by atoms with Crippen molar-refractivity contribution in [3.63, 3.8) is 0 Å². The number of fused-ring (bicyclic) bond motifs is 1. The molecule has 8 heteroatoms. The Morgan fingerprint density at radius 2 is 1.59 bits per heavy atom. The molecule has 0 amide bonds. The minimum absolute atomic E-state index is 0.182. The maximum atomic E-state index is 13.2. The van der Waals surface area contributed by atoms with Crippen molar-refractivity contribution in [2.75, 3.05) is 6.61 Å². The largest absolute Gasteiger partial charge is 0.482 e. The summed E-state index contributed by atoms with van der Waals surface area (Å²) in [7, 11) is 0. The van der Waals surface area contributed by atoms with Gasteiger partial charge in [0.1, 0.15) is 23.1 Å². The van der Waals surface area contributed by atoms with Gasteiger partial charge in [-0.15, -0.1) is 0 Å². The standard InChI is InChI=1S/C21H12F2O5S/c22-13-3-1-12(2-4-13)17-9-16(10-18-20(17)28-21(25)29-18)27-19(24)11-26-15-7-5-14(23)6-8-15/h1-10H,11H2. The molecule has 0 bridgehead atoms. The van der Waals surface area contributed by atoms with Gasteiger partial charge in [0.25, 0.3) is 0 Å². The second kappa shape index (κ2) is 7.84. The summed E-state index contributed by atoms with van der Waals surface area (Å²) in [6.07, 6.45) is 0. The Morgan fingerprint density at radius 3 is 2.28 bits per heavy atom. The highest BCUT2D eigenvalue weighted by Gasteiger charge is 2.15. The molecule has 1 heterocycles. The molecule has 146 valence electrons. The third kappa shape index (κ3) is 4.33. The number of carbonyl (C=O) groups excluding carboxylic acids is 1. The normalized spacial score (nSPS) is 10.8. The molecule has 4 aromatic rings. The van der Waals surface area contributed by atoms with Gasteiger partial charge >= 0.3 is 10.9 Å². The predicted molar refractivity (Wildman–Crippen MR) is 103 cm³/mol. The number of hydrogen-bond acceptors (Lipinski definition) is 6. The van der Waals surface area contributed by atoms with E-state index < -0.39 is 29.1 Å². The Morgan fingerprint density at radius 1 is 0.931 bits per heavy atom. The van der Waals surface area contributed by atoms with Crippen LogP contribution in [0.15, 0.2) is 69.9 Å². The third-order valence-electron chi connectivity index (χ3n) is 3.96. The van der Waals surface area contributed by atoms with Gasteiger partial charge in [-0.05, 0) is 48.0 Å². The van der Waals surface area contributed by atoms with Gasteiger partial charge in [0.2, 0.25) is 0 Å². The van der Waals surface area contributed by atoms with Gasteiger partial charge in [-0.1, -0.05) is 23.5 Å². The first-order chi connectivity index (χ1) is 14.0. The van der Waals surface area contributed by atoms with Crippen LogP contribution in [-0.4, -0.2) is 12.6 Å². The van der Waals surface area contributed by atoms with E-state index in [0.29, 0.717) is 27.2 Å². The van der Waals surface area contributed by atoms with E-state index in [-0.39, 0.29) is 5.75 Å². The average Bonchev–Trinajstić information content (AvgIpc) is 3.08. The molecule has 5 nitrogen and oxygen atoms in total. The number of halogens is 2. The molecular formula is C21H12F2O5S. The number of hydrogen-bond donors (Lipinski definition) is 0. The van der Waals surface area contributed by atoms with Gasteiger partial charge in [0, 0.05) is 11.6 Å². The van der Waals surface area contributed by atoms with Crippen LogP contribution in [0.3, 0.4) is 0 Å². The molecule has 0 unspecified atom stereocenters. The van der Waals surface area contributed by atoms with Crippen LogP contribution in [0, 0.1) is 11.6 Å². The Kier molecular flexibility index (Phi) is 5.09. The maximum Gasteiger partial charge on any atom is 0.396 e. The fourth-order valence-electron chi connectivity index (χ4n) is 2.69. The summed E-state index contributed by atoms with van der Waals surface area (Å²) in [5.41, 5.74) is 1.41. The zero-order valence-electron chi connectivity index (χ0n) is 14.7. The molecule has 0 radical (unpaired) electrons. The fourth-order valence-corrected chi connectivity index (χ4v) is 3.41. The third-order valence-corrected chi connectivity index (χ3v) is 4.74. The molecule has 0 atom stereocenters. The summed E-state index contributed by atoms with van der Waals surface area (Å²) in [5.74, 6) is -1.01. The second-order valence-electron chi connectivity index (χ2n) is 5.98. The van der Waals surface area contributed by atoms with Crippen molar-refractivity contribution in [3.05, 3.63) is 82.0 Å². The van der Waals surface area contributed by atoms with E-state index in [2.05, 4.69) is 0 Å². The number of benzene rings is 3. The highest BCUT2D eigenvalue weighted by Crippen LogP contribution is 2.34. The van der Waals surface area contributed by atoms with E-state index in [1.54, 1.807) is 0 Å². The molecule has 0 aliphatic carbocycles.